The van der Waals surface area contributed by atoms with E-state index in [9.17, 15) is 4.79 Å². The minimum absolute atomic E-state index is 0.0223. The van der Waals surface area contributed by atoms with Gasteiger partial charge in [0.2, 0.25) is 0 Å². The molecule has 1 aromatic heterocycles. The van der Waals surface area contributed by atoms with Gasteiger partial charge in [-0.25, -0.2) is 9.78 Å². The van der Waals surface area contributed by atoms with E-state index < -0.39 is 0 Å². The number of para-hydroxylation sites is 2. The third-order valence-electron chi connectivity index (χ3n) is 6.15. The molecule has 2 aromatic rings. The molecular formula is C24H34N6O2. The van der Waals surface area contributed by atoms with Crippen molar-refractivity contribution in [1.82, 2.24) is 20.1 Å². The minimum atomic E-state index is -0.0223. The Morgan fingerprint density at radius 3 is 2.38 bits per heavy atom. The topological polar surface area (TPSA) is 64.2 Å². The van der Waals surface area contributed by atoms with Crippen molar-refractivity contribution >= 4 is 17.5 Å². The van der Waals surface area contributed by atoms with Crippen molar-refractivity contribution in [3.8, 4) is 5.75 Å². The zero-order valence-corrected chi connectivity index (χ0v) is 19.2. The van der Waals surface area contributed by atoms with Crippen molar-refractivity contribution in [2.45, 2.75) is 13.5 Å². The number of urea groups is 1. The molecule has 0 atom stereocenters. The number of anilines is 2. The van der Waals surface area contributed by atoms with Crippen LogP contribution in [0.25, 0.3) is 0 Å². The van der Waals surface area contributed by atoms with Crippen molar-refractivity contribution in [3.63, 3.8) is 0 Å². The molecule has 2 aliphatic rings. The molecule has 0 aliphatic carbocycles. The maximum Gasteiger partial charge on any atom is 0.317 e. The van der Waals surface area contributed by atoms with Crippen LogP contribution in [0, 0.1) is 0 Å². The number of aromatic nitrogens is 1. The van der Waals surface area contributed by atoms with Gasteiger partial charge in [-0.3, -0.25) is 0 Å². The lowest BCUT2D eigenvalue weighted by Crippen LogP contribution is -2.51. The molecule has 0 unspecified atom stereocenters. The molecule has 0 bridgehead atoms. The van der Waals surface area contributed by atoms with Crippen LogP contribution < -0.4 is 19.9 Å². The van der Waals surface area contributed by atoms with E-state index in [4.69, 9.17) is 4.74 Å². The molecule has 2 fully saturated rings. The smallest absolute Gasteiger partial charge is 0.317 e. The quantitative estimate of drug-likeness (QED) is 0.747. The van der Waals surface area contributed by atoms with E-state index in [1.807, 2.05) is 36.2 Å². The lowest BCUT2D eigenvalue weighted by Gasteiger charge is -2.36. The third-order valence-corrected chi connectivity index (χ3v) is 6.15. The summed E-state index contributed by atoms with van der Waals surface area (Å²) in [6.45, 7) is 10.2. The molecule has 32 heavy (non-hydrogen) atoms. The number of likely N-dealkylation sites (N-methyl/N-ethyl adjacent to an activating group) is 1. The fourth-order valence-corrected chi connectivity index (χ4v) is 4.18. The predicted octanol–water partition coefficient (Wildman–Crippen LogP) is 2.26. The van der Waals surface area contributed by atoms with Gasteiger partial charge in [-0.05, 0) is 37.7 Å². The normalized spacial score (nSPS) is 17.4. The first kappa shape index (κ1) is 22.2. The summed E-state index contributed by atoms with van der Waals surface area (Å²) in [5.74, 6) is 1.91. The highest BCUT2D eigenvalue weighted by atomic mass is 16.5. The molecule has 8 nitrogen and oxygen atoms in total. The molecule has 0 radical (unpaired) electrons. The van der Waals surface area contributed by atoms with Crippen LogP contribution in [0.4, 0.5) is 16.3 Å². The van der Waals surface area contributed by atoms with Crippen LogP contribution in [0.3, 0.4) is 0 Å². The number of nitrogens with zero attached hydrogens (tertiary/aromatic N) is 5. The molecule has 8 heteroatoms. The SMILES string of the molecule is CCOc1ccccc1N1CCN(C(=O)NCc2ccc(N3CCN(C)CC3)nc2)CC1. The van der Waals surface area contributed by atoms with Crippen LogP contribution in [0.15, 0.2) is 42.6 Å². The van der Waals surface area contributed by atoms with E-state index >= 15 is 0 Å². The lowest BCUT2D eigenvalue weighted by molar-refractivity contribution is 0.194. The summed E-state index contributed by atoms with van der Waals surface area (Å²) in [5.41, 5.74) is 2.11. The second kappa shape index (κ2) is 10.5. The summed E-state index contributed by atoms with van der Waals surface area (Å²) < 4.78 is 5.76. The first-order chi connectivity index (χ1) is 15.6. The van der Waals surface area contributed by atoms with Gasteiger partial charge in [0.1, 0.15) is 11.6 Å². The fourth-order valence-electron chi connectivity index (χ4n) is 4.18. The van der Waals surface area contributed by atoms with E-state index in [2.05, 4.69) is 50.2 Å². The maximum atomic E-state index is 12.7. The molecule has 0 spiro atoms. The van der Waals surface area contributed by atoms with Gasteiger partial charge in [0.05, 0.1) is 12.3 Å². The molecule has 172 valence electrons. The summed E-state index contributed by atoms with van der Waals surface area (Å²) in [7, 11) is 2.15. The van der Waals surface area contributed by atoms with E-state index in [-0.39, 0.29) is 6.03 Å². The van der Waals surface area contributed by atoms with Crippen molar-refractivity contribution in [1.29, 1.82) is 0 Å². The number of amides is 2. The third kappa shape index (κ3) is 5.43. The monoisotopic (exact) mass is 438 g/mol. The molecule has 4 rings (SSSR count). The van der Waals surface area contributed by atoms with Crippen molar-refractivity contribution < 1.29 is 9.53 Å². The van der Waals surface area contributed by atoms with Crippen LogP contribution in [0.2, 0.25) is 0 Å². The largest absolute Gasteiger partial charge is 0.492 e. The Labute approximate surface area is 190 Å². The van der Waals surface area contributed by atoms with Crippen LogP contribution >= 0.6 is 0 Å². The first-order valence-electron chi connectivity index (χ1n) is 11.5. The standard InChI is InChI=1S/C24H34N6O2/c1-3-32-22-7-5-4-6-21(22)28-14-16-30(17-15-28)24(31)26-19-20-8-9-23(25-18-20)29-12-10-27(2)11-13-29/h4-9,18H,3,10-17,19H2,1-2H3,(H,26,31). The second-order valence-corrected chi connectivity index (χ2v) is 8.35. The van der Waals surface area contributed by atoms with E-state index in [1.165, 1.54) is 0 Å². The fraction of sp³-hybridized carbons (Fsp3) is 0.500. The molecule has 1 aromatic carbocycles. The van der Waals surface area contributed by atoms with Crippen molar-refractivity contribution in [3.05, 3.63) is 48.2 Å². The average molecular weight is 439 g/mol. The Morgan fingerprint density at radius 2 is 1.69 bits per heavy atom. The van der Waals surface area contributed by atoms with E-state index in [0.29, 0.717) is 26.2 Å². The number of pyridine rings is 1. The summed E-state index contributed by atoms with van der Waals surface area (Å²) in [6, 6.07) is 12.2. The second-order valence-electron chi connectivity index (χ2n) is 8.35. The zero-order valence-electron chi connectivity index (χ0n) is 19.2. The van der Waals surface area contributed by atoms with Crippen LogP contribution in [-0.2, 0) is 6.54 Å². The maximum absolute atomic E-state index is 12.7. The van der Waals surface area contributed by atoms with Crippen LogP contribution in [-0.4, -0.2) is 86.8 Å². The van der Waals surface area contributed by atoms with Gasteiger partial charge in [-0.2, -0.15) is 0 Å². The molecular weight excluding hydrogens is 404 g/mol. The highest BCUT2D eigenvalue weighted by molar-refractivity contribution is 5.74. The Kier molecular flexibility index (Phi) is 7.32. The molecule has 2 aliphatic heterocycles. The molecule has 1 N–H and O–H groups in total. The highest BCUT2D eigenvalue weighted by Crippen LogP contribution is 2.28. The van der Waals surface area contributed by atoms with Crippen LogP contribution in [0.5, 0.6) is 5.75 Å². The number of nitrogens with one attached hydrogen (secondary N) is 1. The number of benzene rings is 1. The summed E-state index contributed by atoms with van der Waals surface area (Å²) in [6.07, 6.45) is 1.87. The van der Waals surface area contributed by atoms with Crippen molar-refractivity contribution in [2.75, 3.05) is 75.8 Å². The van der Waals surface area contributed by atoms with Gasteiger partial charge in [-0.1, -0.05) is 18.2 Å². The number of rotatable bonds is 6. The lowest BCUT2D eigenvalue weighted by atomic mass is 10.2. The Morgan fingerprint density at radius 1 is 0.969 bits per heavy atom. The average Bonchev–Trinajstić information content (AvgIpc) is 2.84. The summed E-state index contributed by atoms with van der Waals surface area (Å²) >= 11 is 0. The molecule has 0 saturated carbocycles. The number of hydrogen-bond donors (Lipinski definition) is 1. The van der Waals surface area contributed by atoms with Crippen molar-refractivity contribution in [2.24, 2.45) is 0 Å². The first-order valence-corrected chi connectivity index (χ1v) is 11.5. The Hall–Kier alpha value is -3.00. The van der Waals surface area contributed by atoms with Gasteiger partial charge >= 0.3 is 6.03 Å². The van der Waals surface area contributed by atoms with Gasteiger partial charge in [0.15, 0.2) is 0 Å². The molecule has 3 heterocycles. The Balaban J connectivity index is 1.24. The highest BCUT2D eigenvalue weighted by Gasteiger charge is 2.23. The van der Waals surface area contributed by atoms with Gasteiger partial charge < -0.3 is 29.7 Å². The Bertz CT molecular complexity index is 874. The van der Waals surface area contributed by atoms with Gasteiger partial charge in [0, 0.05) is 65.1 Å². The number of carbonyl (C=O) groups is 1. The predicted molar refractivity (Wildman–Crippen MR) is 128 cm³/mol. The number of carbonyl (C=O) groups excluding carboxylic acids is 1. The number of piperazine rings is 2. The van der Waals surface area contributed by atoms with Gasteiger partial charge in [-0.15, -0.1) is 0 Å². The van der Waals surface area contributed by atoms with Gasteiger partial charge in [0.25, 0.3) is 0 Å². The van der Waals surface area contributed by atoms with E-state index in [1.54, 1.807) is 0 Å². The number of ether oxygens (including phenoxy) is 1. The minimum Gasteiger partial charge on any atom is -0.492 e. The molecule has 2 saturated heterocycles. The van der Waals surface area contributed by atoms with E-state index in [0.717, 1.165) is 62.1 Å². The number of hydrogen-bond acceptors (Lipinski definition) is 6. The summed E-state index contributed by atoms with van der Waals surface area (Å²) in [5, 5.41) is 3.04. The zero-order chi connectivity index (χ0) is 22.3. The molecule has 2 amide bonds. The summed E-state index contributed by atoms with van der Waals surface area (Å²) in [4.78, 5) is 26.1. The van der Waals surface area contributed by atoms with Crippen LogP contribution in [0.1, 0.15) is 12.5 Å².